The van der Waals surface area contributed by atoms with E-state index in [1.807, 2.05) is 4.40 Å². The van der Waals surface area contributed by atoms with Crippen LogP contribution in [0.15, 0.2) is 30.7 Å². The Bertz CT molecular complexity index is 952. The van der Waals surface area contributed by atoms with Crippen LogP contribution < -0.4 is 5.32 Å². The number of nitrogens with one attached hydrogen (secondary N) is 1. The minimum absolute atomic E-state index is 0.322. The Balaban J connectivity index is 1.66. The van der Waals surface area contributed by atoms with Crippen LogP contribution in [0, 0.1) is 0 Å². The van der Waals surface area contributed by atoms with Gasteiger partial charge in [-0.3, -0.25) is 14.3 Å². The Morgan fingerprint density at radius 1 is 1.11 bits per heavy atom. The van der Waals surface area contributed by atoms with E-state index in [-0.39, 0.29) is 5.75 Å². The summed E-state index contributed by atoms with van der Waals surface area (Å²) >= 11 is 0. The molecule has 0 spiro atoms. The van der Waals surface area contributed by atoms with Crippen LogP contribution in [0.2, 0.25) is 0 Å². The largest absolute Gasteiger partial charge is 0.504 e. The van der Waals surface area contributed by atoms with Crippen molar-refractivity contribution in [2.24, 2.45) is 0 Å². The van der Waals surface area contributed by atoms with Gasteiger partial charge in [0.2, 0.25) is 5.75 Å². The second-order valence-corrected chi connectivity index (χ2v) is 6.32. The van der Waals surface area contributed by atoms with Crippen molar-refractivity contribution in [2.45, 2.75) is 0 Å². The zero-order chi connectivity index (χ0) is 18.8. The number of rotatable bonds is 5. The Morgan fingerprint density at radius 3 is 2.74 bits per heavy atom. The standard InChI is InChI=1S/C18H21N5O4/c24-13-2-1-12(16(25)17(13)26)15-18(23-6-3-19-11-14(23)21-15)20-4-5-22-7-9-27-10-8-22/h1-3,6,11,20,24-26H,4-5,7-10H2. The van der Waals surface area contributed by atoms with E-state index in [0.29, 0.717) is 29.3 Å². The summed E-state index contributed by atoms with van der Waals surface area (Å²) < 4.78 is 7.20. The van der Waals surface area contributed by atoms with Gasteiger partial charge in [-0.1, -0.05) is 0 Å². The normalized spacial score (nSPS) is 15.3. The summed E-state index contributed by atoms with van der Waals surface area (Å²) in [6.45, 7) is 4.80. The van der Waals surface area contributed by atoms with Gasteiger partial charge in [-0.05, 0) is 12.1 Å². The Kier molecular flexibility index (Phi) is 4.69. The van der Waals surface area contributed by atoms with Crippen molar-refractivity contribution in [1.82, 2.24) is 19.3 Å². The van der Waals surface area contributed by atoms with Gasteiger partial charge in [0, 0.05) is 44.1 Å². The topological polar surface area (TPSA) is 115 Å². The van der Waals surface area contributed by atoms with Crippen molar-refractivity contribution in [3.05, 3.63) is 30.7 Å². The van der Waals surface area contributed by atoms with Crippen molar-refractivity contribution >= 4 is 11.5 Å². The molecule has 4 rings (SSSR count). The van der Waals surface area contributed by atoms with E-state index in [9.17, 15) is 15.3 Å². The number of phenolic OH excluding ortho intramolecular Hbond substituents is 3. The molecule has 3 heterocycles. The highest BCUT2D eigenvalue weighted by Gasteiger charge is 2.20. The number of ether oxygens (including phenoxy) is 1. The second kappa shape index (κ2) is 7.29. The average Bonchev–Trinajstić information content (AvgIpc) is 3.06. The van der Waals surface area contributed by atoms with Crippen molar-refractivity contribution in [1.29, 1.82) is 0 Å². The summed E-state index contributed by atoms with van der Waals surface area (Å²) in [6, 6.07) is 2.84. The van der Waals surface area contributed by atoms with Crippen LogP contribution in [0.3, 0.4) is 0 Å². The van der Waals surface area contributed by atoms with E-state index < -0.39 is 11.5 Å². The summed E-state index contributed by atoms with van der Waals surface area (Å²) in [5, 5.41) is 33.1. The smallest absolute Gasteiger partial charge is 0.200 e. The number of benzene rings is 1. The zero-order valence-electron chi connectivity index (χ0n) is 14.7. The number of hydrogen-bond donors (Lipinski definition) is 4. The summed E-state index contributed by atoms with van der Waals surface area (Å²) in [6.07, 6.45) is 5.05. The molecule has 27 heavy (non-hydrogen) atoms. The molecule has 9 nitrogen and oxygen atoms in total. The van der Waals surface area contributed by atoms with Crippen molar-refractivity contribution in [3.63, 3.8) is 0 Å². The maximum Gasteiger partial charge on any atom is 0.200 e. The Hall–Kier alpha value is -3.04. The van der Waals surface area contributed by atoms with Gasteiger partial charge in [0.15, 0.2) is 17.1 Å². The number of morpholine rings is 1. The molecule has 2 aromatic heterocycles. The molecule has 142 valence electrons. The van der Waals surface area contributed by atoms with Gasteiger partial charge in [-0.15, -0.1) is 0 Å². The molecule has 0 saturated carbocycles. The SMILES string of the molecule is Oc1ccc(-c2nc3cnccn3c2NCCN2CCOCC2)c(O)c1O. The lowest BCUT2D eigenvalue weighted by molar-refractivity contribution is 0.0398. The van der Waals surface area contributed by atoms with Crippen molar-refractivity contribution < 1.29 is 20.1 Å². The second-order valence-electron chi connectivity index (χ2n) is 6.32. The quantitative estimate of drug-likeness (QED) is 0.496. The first-order valence-electron chi connectivity index (χ1n) is 8.75. The number of nitrogens with zero attached hydrogens (tertiary/aromatic N) is 4. The van der Waals surface area contributed by atoms with Crippen molar-refractivity contribution in [2.75, 3.05) is 44.7 Å². The number of anilines is 1. The molecule has 0 atom stereocenters. The minimum Gasteiger partial charge on any atom is -0.504 e. The molecule has 9 heteroatoms. The molecule has 0 aliphatic carbocycles. The van der Waals surface area contributed by atoms with Gasteiger partial charge < -0.3 is 25.4 Å². The van der Waals surface area contributed by atoms with Gasteiger partial charge in [0.25, 0.3) is 0 Å². The molecule has 1 aliphatic rings. The third kappa shape index (κ3) is 3.34. The monoisotopic (exact) mass is 371 g/mol. The lowest BCUT2D eigenvalue weighted by atomic mass is 10.1. The maximum absolute atomic E-state index is 10.3. The fourth-order valence-electron chi connectivity index (χ4n) is 3.18. The van der Waals surface area contributed by atoms with Crippen LogP contribution in [0.25, 0.3) is 16.9 Å². The predicted octanol–water partition coefficient (Wildman–Crippen LogP) is 1.26. The van der Waals surface area contributed by atoms with E-state index in [1.54, 1.807) is 18.6 Å². The Labute approximate surface area is 155 Å². The third-order valence-corrected chi connectivity index (χ3v) is 4.64. The highest BCUT2D eigenvalue weighted by Crippen LogP contribution is 2.43. The van der Waals surface area contributed by atoms with E-state index in [0.717, 1.165) is 32.8 Å². The minimum atomic E-state index is -0.568. The fourth-order valence-corrected chi connectivity index (χ4v) is 3.18. The van der Waals surface area contributed by atoms with Crippen molar-refractivity contribution in [3.8, 4) is 28.5 Å². The molecule has 3 aromatic rings. The highest BCUT2D eigenvalue weighted by molar-refractivity contribution is 5.82. The maximum atomic E-state index is 10.3. The van der Waals surface area contributed by atoms with E-state index in [4.69, 9.17) is 4.74 Å². The highest BCUT2D eigenvalue weighted by atomic mass is 16.5. The average molecular weight is 371 g/mol. The van der Waals surface area contributed by atoms with E-state index in [2.05, 4.69) is 20.2 Å². The number of aromatic hydroxyl groups is 3. The molecule has 0 radical (unpaired) electrons. The summed E-state index contributed by atoms with van der Waals surface area (Å²) in [7, 11) is 0. The zero-order valence-corrected chi connectivity index (χ0v) is 14.7. The van der Waals surface area contributed by atoms with Crippen LogP contribution in [0.1, 0.15) is 0 Å². The molecule has 0 unspecified atom stereocenters. The third-order valence-electron chi connectivity index (χ3n) is 4.64. The summed E-state index contributed by atoms with van der Waals surface area (Å²) in [4.78, 5) is 10.9. The van der Waals surface area contributed by atoms with Crippen LogP contribution >= 0.6 is 0 Å². The molecule has 0 amide bonds. The number of hydrogen-bond acceptors (Lipinski definition) is 8. The first-order chi connectivity index (χ1) is 13.1. The Morgan fingerprint density at radius 2 is 1.93 bits per heavy atom. The van der Waals surface area contributed by atoms with Crippen LogP contribution in [0.5, 0.6) is 17.2 Å². The van der Waals surface area contributed by atoms with Crippen LogP contribution in [-0.4, -0.2) is 74.0 Å². The molecule has 1 aliphatic heterocycles. The predicted molar refractivity (Wildman–Crippen MR) is 99.2 cm³/mol. The number of imidazole rings is 1. The number of phenols is 3. The van der Waals surface area contributed by atoms with E-state index >= 15 is 0 Å². The lowest BCUT2D eigenvalue weighted by Gasteiger charge is -2.26. The van der Waals surface area contributed by atoms with Crippen LogP contribution in [-0.2, 0) is 4.74 Å². The molecule has 1 saturated heterocycles. The molecule has 1 aromatic carbocycles. The first kappa shape index (κ1) is 17.4. The molecule has 4 N–H and O–H groups in total. The van der Waals surface area contributed by atoms with Gasteiger partial charge >= 0.3 is 0 Å². The molecular formula is C18H21N5O4. The van der Waals surface area contributed by atoms with Gasteiger partial charge in [-0.25, -0.2) is 4.98 Å². The van der Waals surface area contributed by atoms with Crippen LogP contribution in [0.4, 0.5) is 5.82 Å². The fraction of sp³-hybridized carbons (Fsp3) is 0.333. The first-order valence-corrected chi connectivity index (χ1v) is 8.75. The van der Waals surface area contributed by atoms with Gasteiger partial charge in [0.05, 0.1) is 19.4 Å². The van der Waals surface area contributed by atoms with Gasteiger partial charge in [-0.2, -0.15) is 0 Å². The molecule has 0 bridgehead atoms. The molecule has 1 fully saturated rings. The summed E-state index contributed by atoms with van der Waals surface area (Å²) in [5.41, 5.74) is 1.40. The lowest BCUT2D eigenvalue weighted by Crippen LogP contribution is -2.39. The molecular weight excluding hydrogens is 350 g/mol. The summed E-state index contributed by atoms with van der Waals surface area (Å²) in [5.74, 6) is -0.686. The van der Waals surface area contributed by atoms with E-state index in [1.165, 1.54) is 12.1 Å². The number of fused-ring (bicyclic) bond motifs is 1. The van der Waals surface area contributed by atoms with Gasteiger partial charge in [0.1, 0.15) is 11.5 Å². The number of aromatic nitrogens is 3.